The largest absolute Gasteiger partial charge is 0.362 e. The average Bonchev–Trinajstić information content (AvgIpc) is 2.91. The van der Waals surface area contributed by atoms with Crippen LogP contribution in [0, 0.1) is 18.7 Å². The molecule has 1 unspecified atom stereocenters. The first-order valence-corrected chi connectivity index (χ1v) is 8.04. The number of benzene rings is 1. The Morgan fingerprint density at radius 1 is 1.30 bits per heavy atom. The van der Waals surface area contributed by atoms with Gasteiger partial charge in [-0.2, -0.15) is 0 Å². The maximum absolute atomic E-state index is 14.1. The standard InChI is InChI=1S/C17H22FN3O.ClH/c1-10-4-5-12-14(13(10)18)22-20-16(12)19-15-11-6-8-21(9-7-11)17(15,2)3;/h4-5,11,15H,6-9H2,1-3H3,(H,19,20);1H. The molecule has 0 amide bonds. The van der Waals surface area contributed by atoms with Gasteiger partial charge in [-0.25, -0.2) is 4.39 Å². The number of aryl methyl sites for hydroxylation is 1. The number of rotatable bonds is 2. The van der Waals surface area contributed by atoms with Gasteiger partial charge in [0.15, 0.2) is 11.6 Å². The van der Waals surface area contributed by atoms with E-state index in [0.717, 1.165) is 5.39 Å². The molecule has 3 saturated heterocycles. The summed E-state index contributed by atoms with van der Waals surface area (Å²) < 4.78 is 19.4. The Balaban J connectivity index is 0.00000156. The van der Waals surface area contributed by atoms with E-state index < -0.39 is 0 Å². The monoisotopic (exact) mass is 339 g/mol. The van der Waals surface area contributed by atoms with Crippen LogP contribution >= 0.6 is 12.4 Å². The number of nitrogens with zero attached hydrogens (tertiary/aromatic N) is 2. The third-order valence-corrected chi connectivity index (χ3v) is 5.65. The maximum atomic E-state index is 14.1. The predicted octanol–water partition coefficient (Wildman–Crippen LogP) is 3.98. The molecule has 1 aromatic carbocycles. The SMILES string of the molecule is Cc1ccc2c(NC3C4CCN(CC4)C3(C)C)noc2c1F.Cl. The minimum Gasteiger partial charge on any atom is -0.362 e. The summed E-state index contributed by atoms with van der Waals surface area (Å²) in [7, 11) is 0. The van der Waals surface area contributed by atoms with Gasteiger partial charge in [0.05, 0.1) is 5.39 Å². The highest BCUT2D eigenvalue weighted by molar-refractivity contribution is 5.89. The number of anilines is 1. The molecule has 5 rings (SSSR count). The van der Waals surface area contributed by atoms with Crippen LogP contribution < -0.4 is 5.32 Å². The second-order valence-corrected chi connectivity index (χ2v) is 7.20. The zero-order chi connectivity index (χ0) is 15.5. The third kappa shape index (κ3) is 2.41. The molecule has 1 N–H and O–H groups in total. The van der Waals surface area contributed by atoms with Crippen molar-refractivity contribution in [3.63, 3.8) is 0 Å². The molecule has 126 valence electrons. The van der Waals surface area contributed by atoms with Crippen molar-refractivity contribution in [3.05, 3.63) is 23.5 Å². The zero-order valence-electron chi connectivity index (χ0n) is 13.7. The molecule has 3 aliphatic heterocycles. The van der Waals surface area contributed by atoms with Gasteiger partial charge in [-0.05, 0) is 64.3 Å². The number of halogens is 2. The van der Waals surface area contributed by atoms with Crippen LogP contribution in [-0.2, 0) is 0 Å². The van der Waals surface area contributed by atoms with Gasteiger partial charge in [0.25, 0.3) is 0 Å². The van der Waals surface area contributed by atoms with Crippen molar-refractivity contribution in [2.75, 3.05) is 18.4 Å². The Hall–Kier alpha value is -1.33. The lowest BCUT2D eigenvalue weighted by atomic mass is 9.72. The summed E-state index contributed by atoms with van der Waals surface area (Å²) >= 11 is 0. The molecule has 0 radical (unpaired) electrons. The highest BCUT2D eigenvalue weighted by Gasteiger charge is 2.47. The first kappa shape index (κ1) is 16.5. The van der Waals surface area contributed by atoms with E-state index in [9.17, 15) is 4.39 Å². The first-order chi connectivity index (χ1) is 10.5. The van der Waals surface area contributed by atoms with Gasteiger partial charge >= 0.3 is 0 Å². The Kier molecular flexibility index (Phi) is 4.05. The van der Waals surface area contributed by atoms with E-state index in [1.54, 1.807) is 13.0 Å². The van der Waals surface area contributed by atoms with Gasteiger partial charge in [-0.1, -0.05) is 11.2 Å². The summed E-state index contributed by atoms with van der Waals surface area (Å²) in [6, 6.07) is 3.98. The van der Waals surface area contributed by atoms with Crippen molar-refractivity contribution in [2.24, 2.45) is 5.92 Å². The van der Waals surface area contributed by atoms with Crippen molar-refractivity contribution >= 4 is 29.2 Å². The van der Waals surface area contributed by atoms with E-state index in [1.165, 1.54) is 25.9 Å². The second-order valence-electron chi connectivity index (χ2n) is 7.20. The summed E-state index contributed by atoms with van der Waals surface area (Å²) in [5.41, 5.74) is 0.912. The van der Waals surface area contributed by atoms with Crippen LogP contribution in [-0.4, -0.2) is 34.7 Å². The van der Waals surface area contributed by atoms with E-state index in [2.05, 4.69) is 29.2 Å². The molecule has 1 atom stereocenters. The van der Waals surface area contributed by atoms with E-state index >= 15 is 0 Å². The van der Waals surface area contributed by atoms with Crippen LogP contribution in [0.15, 0.2) is 16.7 Å². The molecule has 4 heterocycles. The van der Waals surface area contributed by atoms with E-state index in [0.29, 0.717) is 23.3 Å². The van der Waals surface area contributed by atoms with Crippen LogP contribution in [0.5, 0.6) is 0 Å². The molecule has 1 aromatic heterocycles. The average molecular weight is 340 g/mol. The Labute approximate surface area is 141 Å². The predicted molar refractivity (Wildman–Crippen MR) is 91.7 cm³/mol. The van der Waals surface area contributed by atoms with Crippen molar-refractivity contribution in [3.8, 4) is 0 Å². The van der Waals surface area contributed by atoms with Crippen molar-refractivity contribution < 1.29 is 8.91 Å². The summed E-state index contributed by atoms with van der Waals surface area (Å²) in [4.78, 5) is 2.54. The molecular formula is C17H23ClFN3O. The van der Waals surface area contributed by atoms with Gasteiger partial charge in [-0.3, -0.25) is 4.90 Å². The highest BCUT2D eigenvalue weighted by Crippen LogP contribution is 2.41. The molecular weight excluding hydrogens is 317 g/mol. The number of fused-ring (bicyclic) bond motifs is 4. The topological polar surface area (TPSA) is 41.3 Å². The lowest BCUT2D eigenvalue weighted by Crippen LogP contribution is -2.66. The fourth-order valence-electron chi connectivity index (χ4n) is 4.20. The van der Waals surface area contributed by atoms with Gasteiger partial charge < -0.3 is 9.84 Å². The third-order valence-electron chi connectivity index (χ3n) is 5.65. The van der Waals surface area contributed by atoms with Crippen molar-refractivity contribution in [1.82, 2.24) is 10.1 Å². The first-order valence-electron chi connectivity index (χ1n) is 8.04. The summed E-state index contributed by atoms with van der Waals surface area (Å²) in [5.74, 6) is 0.994. The highest BCUT2D eigenvalue weighted by atomic mass is 35.5. The minimum absolute atomic E-state index is 0. The zero-order valence-corrected chi connectivity index (χ0v) is 14.5. The quantitative estimate of drug-likeness (QED) is 0.898. The molecule has 2 aromatic rings. The van der Waals surface area contributed by atoms with Gasteiger partial charge in [0.1, 0.15) is 0 Å². The Morgan fingerprint density at radius 2 is 2.00 bits per heavy atom. The molecule has 0 saturated carbocycles. The molecule has 3 aliphatic rings. The molecule has 0 spiro atoms. The van der Waals surface area contributed by atoms with Crippen molar-refractivity contribution in [1.29, 1.82) is 0 Å². The smallest absolute Gasteiger partial charge is 0.204 e. The van der Waals surface area contributed by atoms with Crippen LogP contribution in [0.25, 0.3) is 11.0 Å². The summed E-state index contributed by atoms with van der Waals surface area (Å²) in [5, 5.41) is 8.39. The normalized spacial score (nSPS) is 28.6. The van der Waals surface area contributed by atoms with Crippen LogP contribution in [0.4, 0.5) is 10.2 Å². The van der Waals surface area contributed by atoms with E-state index in [4.69, 9.17) is 4.52 Å². The second kappa shape index (κ2) is 5.64. The fourth-order valence-corrected chi connectivity index (χ4v) is 4.20. The molecule has 3 fully saturated rings. The molecule has 6 heteroatoms. The number of hydrogen-bond acceptors (Lipinski definition) is 4. The molecule has 4 nitrogen and oxygen atoms in total. The van der Waals surface area contributed by atoms with Crippen molar-refractivity contribution in [2.45, 2.75) is 45.2 Å². The summed E-state index contributed by atoms with van der Waals surface area (Å²) in [6.45, 7) is 8.64. The van der Waals surface area contributed by atoms with E-state index in [1.807, 2.05) is 6.07 Å². The van der Waals surface area contributed by atoms with Crippen LogP contribution in [0.2, 0.25) is 0 Å². The Bertz CT molecular complexity index is 722. The van der Waals surface area contributed by atoms with Gasteiger partial charge in [0, 0.05) is 11.6 Å². The molecule has 0 aliphatic carbocycles. The lowest BCUT2D eigenvalue weighted by molar-refractivity contribution is -0.0189. The van der Waals surface area contributed by atoms with Gasteiger partial charge in [-0.15, -0.1) is 12.4 Å². The van der Waals surface area contributed by atoms with Crippen LogP contribution in [0.1, 0.15) is 32.3 Å². The molecule has 23 heavy (non-hydrogen) atoms. The number of nitrogens with one attached hydrogen (secondary N) is 1. The van der Waals surface area contributed by atoms with Crippen LogP contribution in [0.3, 0.4) is 0 Å². The Morgan fingerprint density at radius 3 is 2.65 bits per heavy atom. The number of aromatic nitrogens is 1. The lowest BCUT2D eigenvalue weighted by Gasteiger charge is -2.56. The summed E-state index contributed by atoms with van der Waals surface area (Å²) in [6.07, 6.45) is 2.43. The maximum Gasteiger partial charge on any atom is 0.204 e. The molecule has 2 bridgehead atoms. The van der Waals surface area contributed by atoms with E-state index in [-0.39, 0.29) is 29.3 Å². The minimum atomic E-state index is -0.314. The fraction of sp³-hybridized carbons (Fsp3) is 0.588. The number of piperidine rings is 3. The number of hydrogen-bond donors (Lipinski definition) is 1. The van der Waals surface area contributed by atoms with Gasteiger partial charge in [0.2, 0.25) is 5.58 Å².